The Bertz CT molecular complexity index is 661. The number of nitrogens with one attached hydrogen (secondary N) is 1. The Morgan fingerprint density at radius 2 is 1.90 bits per heavy atom. The summed E-state index contributed by atoms with van der Waals surface area (Å²) in [4.78, 5) is 27.1. The zero-order valence-corrected chi connectivity index (χ0v) is 13.7. The van der Waals surface area contributed by atoms with Crippen LogP contribution in [0.4, 0.5) is 5.82 Å². The van der Waals surface area contributed by atoms with Gasteiger partial charge >= 0.3 is 5.91 Å². The predicted molar refractivity (Wildman–Crippen MR) is 92.4 cm³/mol. The highest BCUT2D eigenvalue weighted by molar-refractivity contribution is 8.12. The summed E-state index contributed by atoms with van der Waals surface area (Å²) < 4.78 is 0.00487. The maximum atomic E-state index is 12.5. The first-order chi connectivity index (χ1) is 10.0. The van der Waals surface area contributed by atoms with E-state index in [4.69, 9.17) is 24.4 Å². The molecule has 2 aromatic heterocycles. The second-order valence-corrected chi connectivity index (χ2v) is 5.72. The van der Waals surface area contributed by atoms with Gasteiger partial charge in [-0.2, -0.15) is 5.01 Å². The van der Waals surface area contributed by atoms with Crippen molar-refractivity contribution in [2.45, 2.75) is 0 Å². The zero-order valence-electron chi connectivity index (χ0n) is 10.2. The number of carbonyl (C=O) groups excluding carboxylic acids is 1. The van der Waals surface area contributed by atoms with Crippen LogP contribution in [0.2, 0.25) is 0 Å². The maximum Gasteiger partial charge on any atom is 0.314 e. The first-order valence-corrected chi connectivity index (χ1v) is 7.09. The highest BCUT2D eigenvalue weighted by Crippen LogP contribution is 2.18. The molecule has 0 radical (unpaired) electrons. The largest absolute Gasteiger partial charge is 0.340 e. The van der Waals surface area contributed by atoms with E-state index in [-0.39, 0.29) is 20.3 Å². The van der Waals surface area contributed by atoms with E-state index in [1.165, 1.54) is 36.0 Å². The number of thiocarbonyl (C=S) groups is 2. The van der Waals surface area contributed by atoms with Crippen LogP contribution in [0, 0.1) is 0 Å². The number of aromatic nitrogens is 4. The van der Waals surface area contributed by atoms with Crippen LogP contribution < -0.4 is 5.01 Å². The maximum absolute atomic E-state index is 12.5. The van der Waals surface area contributed by atoms with Crippen molar-refractivity contribution in [3.05, 3.63) is 36.8 Å². The molecule has 0 unspecified atom stereocenters. The predicted octanol–water partition coefficient (Wildman–Crippen LogP) is 1.49. The molecule has 2 heterocycles. The summed E-state index contributed by atoms with van der Waals surface area (Å²) in [6, 6.07) is 0. The smallest absolute Gasteiger partial charge is 0.314 e. The first kappa shape index (κ1) is 15.8. The van der Waals surface area contributed by atoms with Crippen molar-refractivity contribution in [1.29, 1.82) is 0 Å². The van der Waals surface area contributed by atoms with Crippen LogP contribution >= 0.6 is 49.7 Å². The number of anilines is 1. The molecule has 0 spiro atoms. The van der Waals surface area contributed by atoms with Gasteiger partial charge in [-0.3, -0.25) is 9.78 Å². The average Bonchev–Trinajstić information content (AvgIpc) is 2.98. The van der Waals surface area contributed by atoms with Crippen molar-refractivity contribution in [3.8, 4) is 0 Å². The molecule has 7 nitrogen and oxygen atoms in total. The van der Waals surface area contributed by atoms with Gasteiger partial charge in [-0.15, -0.1) is 25.3 Å². The van der Waals surface area contributed by atoms with Crippen molar-refractivity contribution in [1.82, 2.24) is 24.9 Å². The molecule has 0 aliphatic rings. The van der Waals surface area contributed by atoms with E-state index in [9.17, 15) is 4.79 Å². The topological polar surface area (TPSA) is 78.0 Å². The number of aromatic amines is 1. The molecule has 0 saturated carbocycles. The van der Waals surface area contributed by atoms with Gasteiger partial charge in [-0.25, -0.2) is 15.0 Å². The van der Waals surface area contributed by atoms with E-state index in [2.05, 4.69) is 45.2 Å². The second kappa shape index (κ2) is 6.93. The molecule has 108 valence electrons. The summed E-state index contributed by atoms with van der Waals surface area (Å²) in [6.07, 6.45) is 7.31. The molecule has 11 heteroatoms. The number of hydrogen-bond donors (Lipinski definition) is 3. The van der Waals surface area contributed by atoms with Gasteiger partial charge in [-0.1, -0.05) is 24.4 Å². The summed E-state index contributed by atoms with van der Waals surface area (Å²) in [5.74, 6) is -0.208. The quantitative estimate of drug-likeness (QED) is 0.427. The van der Waals surface area contributed by atoms with Crippen LogP contribution in [0.5, 0.6) is 0 Å². The van der Waals surface area contributed by atoms with Crippen molar-refractivity contribution in [2.75, 3.05) is 5.01 Å². The average molecular weight is 356 g/mol. The molecular weight excluding hydrogens is 348 g/mol. The van der Waals surface area contributed by atoms with Gasteiger partial charge in [0.1, 0.15) is 0 Å². The number of thiol groups is 2. The molecule has 0 bridgehead atoms. The summed E-state index contributed by atoms with van der Waals surface area (Å²) in [5.41, 5.74) is 0. The van der Waals surface area contributed by atoms with Crippen LogP contribution in [0.3, 0.4) is 0 Å². The van der Waals surface area contributed by atoms with Gasteiger partial charge in [0.15, 0.2) is 20.3 Å². The molecule has 0 fully saturated rings. The van der Waals surface area contributed by atoms with Crippen molar-refractivity contribution < 1.29 is 4.79 Å². The molecule has 0 saturated heterocycles. The summed E-state index contributed by atoms with van der Waals surface area (Å²) in [6.45, 7) is 0. The SMILES string of the molecule is O=C(c1ncc[nH]1)N(C(=S)S)N(C(=S)S)c1cnccn1. The minimum absolute atomic E-state index is 0.0431. The summed E-state index contributed by atoms with van der Waals surface area (Å²) in [7, 11) is 0. The van der Waals surface area contributed by atoms with E-state index >= 15 is 0 Å². The summed E-state index contributed by atoms with van der Waals surface area (Å²) in [5, 5.41) is 2.24. The lowest BCUT2D eigenvalue weighted by atomic mass is 10.5. The van der Waals surface area contributed by atoms with Crippen molar-refractivity contribution >= 4 is 70.1 Å². The van der Waals surface area contributed by atoms with Crippen molar-refractivity contribution in [3.63, 3.8) is 0 Å². The number of nitrogens with zero attached hydrogens (tertiary/aromatic N) is 5. The van der Waals surface area contributed by atoms with Crippen molar-refractivity contribution in [2.24, 2.45) is 0 Å². The number of rotatable bonds is 2. The highest BCUT2D eigenvalue weighted by Gasteiger charge is 2.30. The Balaban J connectivity index is 2.46. The standard InChI is InChI=1S/C10H8N6OS4/c17-8(7-13-3-4-14-7)16(10(20)21)15(9(18)19)6-5-11-1-2-12-6/h1-5H,(H,13,14)(H,18,19)(H,20,21). The van der Waals surface area contributed by atoms with E-state index in [1.807, 2.05) is 0 Å². The Morgan fingerprint density at radius 1 is 1.14 bits per heavy atom. The fraction of sp³-hybridized carbons (Fsp3) is 0. The lowest BCUT2D eigenvalue weighted by molar-refractivity contribution is 0.0846. The minimum Gasteiger partial charge on any atom is -0.340 e. The third kappa shape index (κ3) is 3.56. The molecule has 2 aromatic rings. The molecule has 0 atom stereocenters. The fourth-order valence-electron chi connectivity index (χ4n) is 1.43. The minimum atomic E-state index is -0.554. The van der Waals surface area contributed by atoms with Crippen LogP contribution in [0.1, 0.15) is 10.6 Å². The first-order valence-electron chi connectivity index (χ1n) is 5.38. The van der Waals surface area contributed by atoms with Crippen LogP contribution in [0.15, 0.2) is 31.0 Å². The van der Waals surface area contributed by atoms with E-state index < -0.39 is 5.91 Å². The lowest BCUT2D eigenvalue weighted by Gasteiger charge is -2.31. The van der Waals surface area contributed by atoms with E-state index in [0.29, 0.717) is 0 Å². The summed E-state index contributed by atoms with van der Waals surface area (Å²) >= 11 is 18.2. The number of H-pyrrole nitrogens is 1. The Morgan fingerprint density at radius 3 is 2.38 bits per heavy atom. The molecular formula is C10H8N6OS4. The van der Waals surface area contributed by atoms with Gasteiger partial charge < -0.3 is 4.98 Å². The molecule has 2 rings (SSSR count). The number of carbonyl (C=O) groups is 1. The lowest BCUT2D eigenvalue weighted by Crippen LogP contribution is -2.50. The normalized spacial score (nSPS) is 10.0. The Kier molecular flexibility index (Phi) is 5.22. The number of hydrogen-bond acceptors (Lipinski definition) is 6. The third-order valence-electron chi connectivity index (χ3n) is 2.22. The highest BCUT2D eigenvalue weighted by atomic mass is 32.1. The van der Waals surface area contributed by atoms with Gasteiger partial charge in [-0.05, 0) is 0 Å². The zero-order chi connectivity index (χ0) is 15.4. The Labute approximate surface area is 141 Å². The monoisotopic (exact) mass is 356 g/mol. The molecule has 0 aromatic carbocycles. The molecule has 1 N–H and O–H groups in total. The Hall–Kier alpha value is -1.56. The van der Waals surface area contributed by atoms with Crippen LogP contribution in [-0.4, -0.2) is 39.5 Å². The van der Waals surface area contributed by atoms with Crippen LogP contribution in [0.25, 0.3) is 0 Å². The third-order valence-corrected chi connectivity index (χ3v) is 2.95. The second-order valence-electron chi connectivity index (χ2n) is 3.50. The van der Waals surface area contributed by atoms with Gasteiger partial charge in [0.05, 0.1) is 6.20 Å². The van der Waals surface area contributed by atoms with E-state index in [0.717, 1.165) is 5.01 Å². The van der Waals surface area contributed by atoms with Gasteiger partial charge in [0.25, 0.3) is 0 Å². The number of amides is 1. The number of imidazole rings is 1. The molecule has 21 heavy (non-hydrogen) atoms. The van der Waals surface area contributed by atoms with Gasteiger partial charge in [0, 0.05) is 24.8 Å². The van der Waals surface area contributed by atoms with E-state index in [1.54, 1.807) is 0 Å². The van der Waals surface area contributed by atoms with Crippen LogP contribution in [-0.2, 0) is 0 Å². The number of hydrazine groups is 1. The molecule has 0 aliphatic heterocycles. The van der Waals surface area contributed by atoms with Gasteiger partial charge in [0.2, 0.25) is 0 Å². The molecule has 0 aliphatic carbocycles. The fourth-order valence-corrected chi connectivity index (χ4v) is 2.14. The molecule has 1 amide bonds.